The molecular weight excluding hydrogens is 254 g/mol. The molecule has 1 aromatic carbocycles. The first-order valence-corrected chi connectivity index (χ1v) is 7.21. The third-order valence-corrected chi connectivity index (χ3v) is 3.05. The number of aliphatic hydroxyl groups excluding tert-OH is 1. The molecule has 1 rings (SSSR count). The number of hydrogen-bond donors (Lipinski definition) is 4. The van der Waals surface area contributed by atoms with Crippen LogP contribution in [0.4, 0.5) is 11.4 Å². The van der Waals surface area contributed by atoms with Crippen molar-refractivity contribution in [3.05, 3.63) is 23.8 Å². The molecule has 5 heteroatoms. The number of nitrogens with two attached hydrogens (primary N) is 1. The van der Waals surface area contributed by atoms with Gasteiger partial charge in [0.25, 0.3) is 5.91 Å². The molecule has 0 saturated heterocycles. The number of amides is 1. The third kappa shape index (κ3) is 5.48. The van der Waals surface area contributed by atoms with Gasteiger partial charge in [0.2, 0.25) is 0 Å². The molecule has 1 amide bonds. The van der Waals surface area contributed by atoms with Crippen molar-refractivity contribution in [1.29, 1.82) is 0 Å². The molecule has 0 aromatic heterocycles. The largest absolute Gasteiger partial charge is 0.397 e. The van der Waals surface area contributed by atoms with Crippen molar-refractivity contribution in [3.63, 3.8) is 0 Å². The number of anilines is 2. The van der Waals surface area contributed by atoms with Crippen molar-refractivity contribution in [2.24, 2.45) is 0 Å². The number of aliphatic hydroxyl groups is 1. The van der Waals surface area contributed by atoms with Crippen LogP contribution in [0.1, 0.15) is 43.0 Å². The van der Waals surface area contributed by atoms with Crippen LogP contribution in [0.15, 0.2) is 18.2 Å². The van der Waals surface area contributed by atoms with Gasteiger partial charge < -0.3 is 21.5 Å². The summed E-state index contributed by atoms with van der Waals surface area (Å²) in [5, 5.41) is 14.7. The third-order valence-electron chi connectivity index (χ3n) is 3.05. The zero-order valence-corrected chi connectivity index (χ0v) is 12.1. The Kier molecular flexibility index (Phi) is 7.50. The maximum Gasteiger partial charge on any atom is 0.251 e. The summed E-state index contributed by atoms with van der Waals surface area (Å²) in [7, 11) is 0. The van der Waals surface area contributed by atoms with E-state index in [-0.39, 0.29) is 12.5 Å². The highest BCUT2D eigenvalue weighted by atomic mass is 16.2. The summed E-state index contributed by atoms with van der Waals surface area (Å²) in [6.45, 7) is 3.57. The molecule has 0 bridgehead atoms. The average molecular weight is 279 g/mol. The molecule has 0 fully saturated rings. The van der Waals surface area contributed by atoms with Crippen LogP contribution < -0.4 is 16.4 Å². The molecule has 0 heterocycles. The van der Waals surface area contributed by atoms with Gasteiger partial charge in [-0.2, -0.15) is 0 Å². The molecule has 0 saturated carbocycles. The lowest BCUT2D eigenvalue weighted by Crippen LogP contribution is -2.22. The van der Waals surface area contributed by atoms with Gasteiger partial charge in [0.15, 0.2) is 0 Å². The van der Waals surface area contributed by atoms with E-state index in [1.165, 1.54) is 0 Å². The highest BCUT2D eigenvalue weighted by molar-refractivity contribution is 5.96. The lowest BCUT2D eigenvalue weighted by molar-refractivity contribution is 0.0956. The second-order valence-electron chi connectivity index (χ2n) is 4.73. The number of unbranched alkanes of at least 4 members (excludes halogenated alkanes) is 3. The van der Waals surface area contributed by atoms with Crippen molar-refractivity contribution in [3.8, 4) is 0 Å². The molecule has 0 unspecified atom stereocenters. The van der Waals surface area contributed by atoms with Gasteiger partial charge in [-0.1, -0.05) is 12.8 Å². The van der Waals surface area contributed by atoms with Gasteiger partial charge in [-0.3, -0.25) is 4.79 Å². The topological polar surface area (TPSA) is 87.4 Å². The van der Waals surface area contributed by atoms with Crippen LogP contribution in [0.5, 0.6) is 0 Å². The van der Waals surface area contributed by atoms with Gasteiger partial charge >= 0.3 is 0 Å². The zero-order chi connectivity index (χ0) is 14.8. The van der Waals surface area contributed by atoms with E-state index in [1.54, 1.807) is 18.2 Å². The van der Waals surface area contributed by atoms with E-state index >= 15 is 0 Å². The molecule has 5 N–H and O–H groups in total. The van der Waals surface area contributed by atoms with Crippen LogP contribution in [-0.2, 0) is 0 Å². The quantitative estimate of drug-likeness (QED) is 0.411. The average Bonchev–Trinajstić information content (AvgIpc) is 2.44. The van der Waals surface area contributed by atoms with Gasteiger partial charge in [0, 0.05) is 25.3 Å². The van der Waals surface area contributed by atoms with Crippen LogP contribution in [0.25, 0.3) is 0 Å². The number of carbonyl (C=O) groups is 1. The molecule has 0 aliphatic heterocycles. The van der Waals surface area contributed by atoms with Crippen molar-refractivity contribution in [2.75, 3.05) is 30.7 Å². The van der Waals surface area contributed by atoms with Crippen molar-refractivity contribution in [1.82, 2.24) is 5.32 Å². The molecule has 112 valence electrons. The lowest BCUT2D eigenvalue weighted by atomic mass is 10.1. The van der Waals surface area contributed by atoms with Crippen LogP contribution >= 0.6 is 0 Å². The van der Waals surface area contributed by atoms with E-state index < -0.39 is 0 Å². The Balaban J connectivity index is 2.48. The smallest absolute Gasteiger partial charge is 0.251 e. The first kappa shape index (κ1) is 16.3. The van der Waals surface area contributed by atoms with E-state index in [2.05, 4.69) is 10.6 Å². The van der Waals surface area contributed by atoms with E-state index in [0.29, 0.717) is 17.8 Å². The summed E-state index contributed by atoms with van der Waals surface area (Å²) in [4.78, 5) is 11.8. The summed E-state index contributed by atoms with van der Waals surface area (Å²) in [6, 6.07) is 5.26. The first-order chi connectivity index (χ1) is 9.69. The van der Waals surface area contributed by atoms with Crippen molar-refractivity contribution >= 4 is 17.3 Å². The highest BCUT2D eigenvalue weighted by Crippen LogP contribution is 2.20. The van der Waals surface area contributed by atoms with E-state index in [1.807, 2.05) is 6.92 Å². The summed E-state index contributed by atoms with van der Waals surface area (Å²) < 4.78 is 0. The van der Waals surface area contributed by atoms with Gasteiger partial charge in [-0.15, -0.1) is 0 Å². The number of nitrogen functional groups attached to an aromatic ring is 1. The Morgan fingerprint density at radius 1 is 1.25 bits per heavy atom. The fraction of sp³-hybridized carbons (Fsp3) is 0.533. The molecule has 0 aliphatic carbocycles. The Morgan fingerprint density at radius 3 is 2.70 bits per heavy atom. The van der Waals surface area contributed by atoms with Gasteiger partial charge in [0.05, 0.1) is 11.4 Å². The summed E-state index contributed by atoms with van der Waals surface area (Å²) in [6.07, 6.45) is 3.98. The van der Waals surface area contributed by atoms with Gasteiger partial charge in [-0.05, 0) is 38.0 Å². The number of benzene rings is 1. The minimum absolute atomic E-state index is 0.0847. The van der Waals surface area contributed by atoms with E-state index in [4.69, 9.17) is 10.8 Å². The van der Waals surface area contributed by atoms with Crippen LogP contribution in [0.3, 0.4) is 0 Å². The highest BCUT2D eigenvalue weighted by Gasteiger charge is 2.07. The Bertz CT molecular complexity index is 422. The Hall–Kier alpha value is -1.75. The molecule has 5 nitrogen and oxygen atoms in total. The molecule has 0 aliphatic rings. The SMILES string of the molecule is CCNC(=O)c1ccc(N)c(NCCCCCCO)c1. The maximum absolute atomic E-state index is 11.8. The molecular formula is C15H25N3O2. The Morgan fingerprint density at radius 2 is 2.00 bits per heavy atom. The Labute approximate surface area is 120 Å². The van der Waals surface area contributed by atoms with Gasteiger partial charge in [0.1, 0.15) is 0 Å². The van der Waals surface area contributed by atoms with Crippen molar-refractivity contribution in [2.45, 2.75) is 32.6 Å². The molecule has 0 spiro atoms. The lowest BCUT2D eigenvalue weighted by Gasteiger charge is -2.11. The maximum atomic E-state index is 11.8. The number of nitrogens with one attached hydrogen (secondary N) is 2. The minimum atomic E-state index is -0.0847. The van der Waals surface area contributed by atoms with Crippen molar-refractivity contribution < 1.29 is 9.90 Å². The summed E-state index contributed by atoms with van der Waals surface area (Å²) >= 11 is 0. The minimum Gasteiger partial charge on any atom is -0.397 e. The number of hydrogen-bond acceptors (Lipinski definition) is 4. The van der Waals surface area contributed by atoms with Crippen LogP contribution in [-0.4, -0.2) is 30.7 Å². The second-order valence-corrected chi connectivity index (χ2v) is 4.73. The normalized spacial score (nSPS) is 10.3. The fourth-order valence-corrected chi connectivity index (χ4v) is 1.93. The molecule has 0 atom stereocenters. The summed E-state index contributed by atoms with van der Waals surface area (Å²) in [5.41, 5.74) is 7.96. The predicted octanol–water partition coefficient (Wildman–Crippen LogP) is 1.98. The first-order valence-electron chi connectivity index (χ1n) is 7.21. The van der Waals surface area contributed by atoms with E-state index in [9.17, 15) is 4.79 Å². The second kappa shape index (κ2) is 9.20. The standard InChI is InChI=1S/C15H25N3O2/c1-2-17-15(20)12-7-8-13(16)14(11-12)18-9-5-3-4-6-10-19/h7-8,11,18-19H,2-6,9-10,16H2,1H3,(H,17,20). The predicted molar refractivity (Wildman–Crippen MR) is 82.9 cm³/mol. The number of carbonyl (C=O) groups excluding carboxylic acids is 1. The fourth-order valence-electron chi connectivity index (χ4n) is 1.93. The van der Waals surface area contributed by atoms with Crippen LogP contribution in [0, 0.1) is 0 Å². The van der Waals surface area contributed by atoms with E-state index in [0.717, 1.165) is 37.9 Å². The summed E-state index contributed by atoms with van der Waals surface area (Å²) in [5.74, 6) is -0.0847. The van der Waals surface area contributed by atoms with Gasteiger partial charge in [-0.25, -0.2) is 0 Å². The molecule has 0 radical (unpaired) electrons. The molecule has 20 heavy (non-hydrogen) atoms. The monoisotopic (exact) mass is 279 g/mol. The number of rotatable bonds is 9. The van der Waals surface area contributed by atoms with Crippen LogP contribution in [0.2, 0.25) is 0 Å². The molecule has 1 aromatic rings. The zero-order valence-electron chi connectivity index (χ0n) is 12.1.